The standard InChI is InChI=1S/C15H25N3O3S.ClH/c1-4-8-16-9-10-17-15(19)13-6-5-7-14(11-13)22(20,21)18-12(2)3;/h5-7,11-12,16,18H,4,8-10H2,1-3H3,(H,17,19);1H. The fraction of sp³-hybridized carbons (Fsp3) is 0.533. The fourth-order valence-corrected chi connectivity index (χ4v) is 3.15. The van der Waals surface area contributed by atoms with Crippen LogP contribution in [0.3, 0.4) is 0 Å². The zero-order valence-corrected chi connectivity index (χ0v) is 15.4. The third kappa shape index (κ3) is 7.78. The number of nitrogens with one attached hydrogen (secondary N) is 3. The quantitative estimate of drug-likeness (QED) is 0.580. The van der Waals surface area contributed by atoms with Crippen LogP contribution in [0.25, 0.3) is 0 Å². The van der Waals surface area contributed by atoms with Crippen molar-refractivity contribution in [3.05, 3.63) is 29.8 Å². The van der Waals surface area contributed by atoms with Gasteiger partial charge in [0.25, 0.3) is 5.91 Å². The lowest BCUT2D eigenvalue weighted by Crippen LogP contribution is -2.32. The van der Waals surface area contributed by atoms with E-state index in [1.807, 2.05) is 0 Å². The number of hydrogen-bond acceptors (Lipinski definition) is 4. The number of carbonyl (C=O) groups excluding carboxylic acids is 1. The average Bonchev–Trinajstić information content (AvgIpc) is 2.45. The molecule has 0 unspecified atom stereocenters. The van der Waals surface area contributed by atoms with Crippen molar-refractivity contribution in [3.8, 4) is 0 Å². The highest BCUT2D eigenvalue weighted by atomic mass is 35.5. The molecule has 0 aliphatic rings. The predicted molar refractivity (Wildman–Crippen MR) is 94.6 cm³/mol. The second kappa shape index (κ2) is 10.6. The highest BCUT2D eigenvalue weighted by Gasteiger charge is 2.17. The second-order valence-electron chi connectivity index (χ2n) is 5.31. The number of benzene rings is 1. The number of hydrogen-bond donors (Lipinski definition) is 3. The van der Waals surface area contributed by atoms with E-state index in [0.717, 1.165) is 13.0 Å². The van der Waals surface area contributed by atoms with Crippen LogP contribution in [0.4, 0.5) is 0 Å². The Kier molecular flexibility index (Phi) is 10.1. The first-order valence-corrected chi connectivity index (χ1v) is 8.96. The summed E-state index contributed by atoms with van der Waals surface area (Å²) in [6.45, 7) is 7.66. The second-order valence-corrected chi connectivity index (χ2v) is 7.02. The molecule has 8 heteroatoms. The Morgan fingerprint density at radius 3 is 2.48 bits per heavy atom. The van der Waals surface area contributed by atoms with Gasteiger partial charge in [0.1, 0.15) is 0 Å². The van der Waals surface area contributed by atoms with Crippen molar-refractivity contribution in [1.29, 1.82) is 0 Å². The summed E-state index contributed by atoms with van der Waals surface area (Å²) in [5.41, 5.74) is 0.335. The van der Waals surface area contributed by atoms with E-state index < -0.39 is 10.0 Å². The molecule has 6 nitrogen and oxygen atoms in total. The maximum Gasteiger partial charge on any atom is 0.251 e. The molecule has 0 saturated heterocycles. The molecule has 0 bridgehead atoms. The van der Waals surface area contributed by atoms with Gasteiger partial charge >= 0.3 is 0 Å². The summed E-state index contributed by atoms with van der Waals surface area (Å²) in [5.74, 6) is -0.278. The molecule has 0 aliphatic heterocycles. The lowest BCUT2D eigenvalue weighted by molar-refractivity contribution is 0.0953. The molecule has 0 aromatic heterocycles. The number of carbonyl (C=O) groups is 1. The molecule has 132 valence electrons. The Hall–Kier alpha value is -1.15. The minimum absolute atomic E-state index is 0. The van der Waals surface area contributed by atoms with Crippen molar-refractivity contribution < 1.29 is 13.2 Å². The molecule has 1 rings (SSSR count). The molecule has 1 aromatic carbocycles. The third-order valence-corrected chi connectivity index (χ3v) is 4.47. The van der Waals surface area contributed by atoms with Crippen molar-refractivity contribution in [2.24, 2.45) is 0 Å². The summed E-state index contributed by atoms with van der Waals surface area (Å²) < 4.78 is 26.7. The molecular weight excluding hydrogens is 338 g/mol. The molecule has 0 radical (unpaired) electrons. The van der Waals surface area contributed by atoms with Gasteiger partial charge in [0.05, 0.1) is 4.90 Å². The lowest BCUT2D eigenvalue weighted by atomic mass is 10.2. The first-order chi connectivity index (χ1) is 10.4. The fourth-order valence-electron chi connectivity index (χ4n) is 1.85. The summed E-state index contributed by atoms with van der Waals surface area (Å²) in [6, 6.07) is 5.83. The first-order valence-electron chi connectivity index (χ1n) is 7.48. The summed E-state index contributed by atoms with van der Waals surface area (Å²) in [7, 11) is -3.59. The van der Waals surface area contributed by atoms with Crippen molar-refractivity contribution in [3.63, 3.8) is 0 Å². The van der Waals surface area contributed by atoms with E-state index in [1.165, 1.54) is 12.1 Å². The molecule has 0 heterocycles. The van der Waals surface area contributed by atoms with Crippen LogP contribution in [0.5, 0.6) is 0 Å². The first kappa shape index (κ1) is 21.9. The Balaban J connectivity index is 0.00000484. The summed E-state index contributed by atoms with van der Waals surface area (Å²) in [4.78, 5) is 12.1. The molecule has 1 aromatic rings. The molecule has 1 amide bonds. The van der Waals surface area contributed by atoms with Gasteiger partial charge in [-0.1, -0.05) is 13.0 Å². The minimum Gasteiger partial charge on any atom is -0.351 e. The number of halogens is 1. The summed E-state index contributed by atoms with van der Waals surface area (Å²) >= 11 is 0. The number of amides is 1. The highest BCUT2D eigenvalue weighted by molar-refractivity contribution is 7.89. The van der Waals surface area contributed by atoms with Crippen molar-refractivity contribution >= 4 is 28.3 Å². The van der Waals surface area contributed by atoms with Gasteiger partial charge in [-0.05, 0) is 45.0 Å². The minimum atomic E-state index is -3.59. The molecule has 0 spiro atoms. The smallest absolute Gasteiger partial charge is 0.251 e. The van der Waals surface area contributed by atoms with Crippen molar-refractivity contribution in [2.75, 3.05) is 19.6 Å². The van der Waals surface area contributed by atoms with Crippen LogP contribution in [-0.4, -0.2) is 40.0 Å². The molecule has 0 fully saturated rings. The largest absolute Gasteiger partial charge is 0.351 e. The maximum absolute atomic E-state index is 12.1. The zero-order valence-electron chi connectivity index (χ0n) is 13.8. The van der Waals surface area contributed by atoms with Gasteiger partial charge in [0.15, 0.2) is 0 Å². The topological polar surface area (TPSA) is 87.3 Å². The van der Waals surface area contributed by atoms with E-state index in [1.54, 1.807) is 26.0 Å². The Labute approximate surface area is 144 Å². The predicted octanol–water partition coefficient (Wildman–Crippen LogP) is 1.52. The molecule has 0 atom stereocenters. The normalized spacial score (nSPS) is 11.1. The van der Waals surface area contributed by atoms with Crippen LogP contribution in [0.1, 0.15) is 37.6 Å². The molecular formula is C15H26ClN3O3S. The van der Waals surface area contributed by atoms with Crippen LogP contribution in [0.2, 0.25) is 0 Å². The summed E-state index contributed by atoms with van der Waals surface area (Å²) in [6.07, 6.45) is 1.04. The van der Waals surface area contributed by atoms with Gasteiger partial charge in [0, 0.05) is 24.7 Å². The highest BCUT2D eigenvalue weighted by Crippen LogP contribution is 2.12. The van der Waals surface area contributed by atoms with Crippen LogP contribution < -0.4 is 15.4 Å². The van der Waals surface area contributed by atoms with Gasteiger partial charge in [-0.25, -0.2) is 13.1 Å². The monoisotopic (exact) mass is 363 g/mol. The SMILES string of the molecule is CCCNCCNC(=O)c1cccc(S(=O)(=O)NC(C)C)c1.Cl. The number of rotatable bonds is 9. The number of sulfonamides is 1. The summed E-state index contributed by atoms with van der Waals surface area (Å²) in [5, 5.41) is 5.94. The van der Waals surface area contributed by atoms with Gasteiger partial charge < -0.3 is 10.6 Å². The van der Waals surface area contributed by atoms with Gasteiger partial charge in [-0.15, -0.1) is 12.4 Å². The van der Waals surface area contributed by atoms with Crippen molar-refractivity contribution in [2.45, 2.75) is 38.1 Å². The van der Waals surface area contributed by atoms with Gasteiger partial charge in [-0.2, -0.15) is 0 Å². The van der Waals surface area contributed by atoms with Gasteiger partial charge in [0.2, 0.25) is 10.0 Å². The zero-order chi connectivity index (χ0) is 16.6. The van der Waals surface area contributed by atoms with E-state index in [0.29, 0.717) is 18.7 Å². The van der Waals surface area contributed by atoms with Crippen LogP contribution in [0.15, 0.2) is 29.2 Å². The molecule has 0 saturated carbocycles. The third-order valence-electron chi connectivity index (χ3n) is 2.81. The lowest BCUT2D eigenvalue weighted by Gasteiger charge is -2.11. The van der Waals surface area contributed by atoms with E-state index in [4.69, 9.17) is 0 Å². The van der Waals surface area contributed by atoms with Crippen molar-refractivity contribution in [1.82, 2.24) is 15.4 Å². The van der Waals surface area contributed by atoms with E-state index in [2.05, 4.69) is 22.3 Å². The maximum atomic E-state index is 12.1. The van der Waals surface area contributed by atoms with E-state index in [-0.39, 0.29) is 29.3 Å². The molecule has 23 heavy (non-hydrogen) atoms. The average molecular weight is 364 g/mol. The van der Waals surface area contributed by atoms with Crippen LogP contribution in [-0.2, 0) is 10.0 Å². The Morgan fingerprint density at radius 1 is 1.17 bits per heavy atom. The van der Waals surface area contributed by atoms with Crippen LogP contribution in [0, 0.1) is 0 Å². The van der Waals surface area contributed by atoms with Crippen LogP contribution >= 0.6 is 12.4 Å². The Morgan fingerprint density at radius 2 is 1.87 bits per heavy atom. The Bertz CT molecular complexity index is 591. The molecule has 3 N–H and O–H groups in total. The molecule has 0 aliphatic carbocycles. The van der Waals surface area contributed by atoms with E-state index >= 15 is 0 Å². The van der Waals surface area contributed by atoms with E-state index in [9.17, 15) is 13.2 Å². The van der Waals surface area contributed by atoms with Gasteiger partial charge in [-0.3, -0.25) is 4.79 Å².